The lowest BCUT2D eigenvalue weighted by Crippen LogP contribution is -2.32. The standard InChI is InChI=1S/C29H24N2O3/c1-18-15-19(2)17-22(16-18)30-27-26(21-11-13-23(34-3)14-12-21)28(32)31(29(27)33)25-10-6-8-20-7-4-5-9-24(20)25/h4-17,30H,1-3H3. The molecule has 5 nitrogen and oxygen atoms in total. The van der Waals surface area contributed by atoms with Gasteiger partial charge < -0.3 is 10.1 Å². The van der Waals surface area contributed by atoms with Crippen LogP contribution >= 0.6 is 0 Å². The fraction of sp³-hybridized carbons (Fsp3) is 0.103. The van der Waals surface area contributed by atoms with Crippen LogP contribution in [0.15, 0.2) is 90.6 Å². The van der Waals surface area contributed by atoms with Crippen LogP contribution in [-0.2, 0) is 9.59 Å². The Morgan fingerprint density at radius 1 is 0.765 bits per heavy atom. The quantitative estimate of drug-likeness (QED) is 0.389. The van der Waals surface area contributed by atoms with Gasteiger partial charge in [-0.1, -0.05) is 54.6 Å². The number of methoxy groups -OCH3 is 1. The zero-order valence-corrected chi connectivity index (χ0v) is 19.3. The molecule has 168 valence electrons. The molecular weight excluding hydrogens is 424 g/mol. The van der Waals surface area contributed by atoms with Crippen molar-refractivity contribution in [1.29, 1.82) is 0 Å². The molecule has 0 saturated carbocycles. The van der Waals surface area contributed by atoms with Gasteiger partial charge >= 0.3 is 0 Å². The van der Waals surface area contributed by atoms with E-state index in [0.717, 1.165) is 27.6 Å². The molecule has 0 aromatic heterocycles. The molecule has 0 atom stereocenters. The number of ether oxygens (including phenoxy) is 1. The van der Waals surface area contributed by atoms with E-state index in [0.29, 0.717) is 22.6 Å². The van der Waals surface area contributed by atoms with Crippen molar-refractivity contribution in [2.45, 2.75) is 13.8 Å². The van der Waals surface area contributed by atoms with E-state index in [1.807, 2.05) is 68.4 Å². The van der Waals surface area contributed by atoms with Gasteiger partial charge in [0.15, 0.2) is 0 Å². The maximum atomic E-state index is 13.8. The highest BCUT2D eigenvalue weighted by Crippen LogP contribution is 2.37. The number of hydrogen-bond donors (Lipinski definition) is 1. The number of nitrogens with one attached hydrogen (secondary N) is 1. The third-order valence-electron chi connectivity index (χ3n) is 5.96. The summed E-state index contributed by atoms with van der Waals surface area (Å²) < 4.78 is 5.27. The number of fused-ring (bicyclic) bond motifs is 1. The van der Waals surface area contributed by atoms with Gasteiger partial charge in [0.05, 0.1) is 18.4 Å². The molecule has 0 bridgehead atoms. The molecule has 0 saturated heterocycles. The number of aryl methyl sites for hydroxylation is 2. The van der Waals surface area contributed by atoms with Crippen LogP contribution in [0.3, 0.4) is 0 Å². The number of carbonyl (C=O) groups is 2. The van der Waals surface area contributed by atoms with E-state index in [-0.39, 0.29) is 17.5 Å². The summed E-state index contributed by atoms with van der Waals surface area (Å²) in [6.07, 6.45) is 0. The second-order valence-corrected chi connectivity index (χ2v) is 8.42. The van der Waals surface area contributed by atoms with E-state index < -0.39 is 0 Å². The van der Waals surface area contributed by atoms with E-state index >= 15 is 0 Å². The minimum absolute atomic E-state index is 0.258. The molecule has 34 heavy (non-hydrogen) atoms. The van der Waals surface area contributed by atoms with Crippen molar-refractivity contribution >= 4 is 39.5 Å². The average molecular weight is 449 g/mol. The van der Waals surface area contributed by atoms with Crippen LogP contribution in [0.5, 0.6) is 5.75 Å². The fourth-order valence-corrected chi connectivity index (χ4v) is 4.48. The van der Waals surface area contributed by atoms with E-state index in [9.17, 15) is 9.59 Å². The third kappa shape index (κ3) is 3.71. The summed E-state index contributed by atoms with van der Waals surface area (Å²) in [5.74, 6) is -0.0689. The summed E-state index contributed by atoms with van der Waals surface area (Å²) in [7, 11) is 1.59. The van der Waals surface area contributed by atoms with Crippen molar-refractivity contribution in [2.24, 2.45) is 0 Å². The molecule has 4 aromatic carbocycles. The zero-order valence-electron chi connectivity index (χ0n) is 19.3. The number of benzene rings is 4. The Labute approximate surface area is 198 Å². The van der Waals surface area contributed by atoms with Crippen molar-refractivity contribution in [2.75, 3.05) is 17.3 Å². The summed E-state index contributed by atoms with van der Waals surface area (Å²) in [5.41, 5.74) is 4.70. The number of amides is 2. The molecule has 0 radical (unpaired) electrons. The number of nitrogens with zero attached hydrogens (tertiary/aromatic N) is 1. The van der Waals surface area contributed by atoms with Gasteiger partial charge in [0.2, 0.25) is 0 Å². The predicted molar refractivity (Wildman–Crippen MR) is 136 cm³/mol. The highest BCUT2D eigenvalue weighted by Gasteiger charge is 2.40. The van der Waals surface area contributed by atoms with Crippen molar-refractivity contribution < 1.29 is 14.3 Å². The lowest BCUT2D eigenvalue weighted by atomic mass is 10.0. The first-order valence-corrected chi connectivity index (χ1v) is 11.1. The monoisotopic (exact) mass is 448 g/mol. The number of carbonyl (C=O) groups excluding carboxylic acids is 2. The van der Waals surface area contributed by atoms with Crippen LogP contribution in [0.2, 0.25) is 0 Å². The molecule has 5 heteroatoms. The Balaban J connectivity index is 1.66. The number of hydrogen-bond acceptors (Lipinski definition) is 4. The number of rotatable bonds is 5. The highest BCUT2D eigenvalue weighted by atomic mass is 16.5. The Kier molecular flexibility index (Phi) is 5.38. The Bertz CT molecular complexity index is 1440. The summed E-state index contributed by atoms with van der Waals surface area (Å²) >= 11 is 0. The highest BCUT2D eigenvalue weighted by molar-refractivity contribution is 6.47. The first-order chi connectivity index (χ1) is 16.5. The van der Waals surface area contributed by atoms with Gasteiger partial charge in [-0.3, -0.25) is 9.59 Å². The average Bonchev–Trinajstić information content (AvgIpc) is 3.07. The van der Waals surface area contributed by atoms with E-state index in [2.05, 4.69) is 11.4 Å². The molecule has 2 amide bonds. The van der Waals surface area contributed by atoms with Gasteiger partial charge in [-0.15, -0.1) is 0 Å². The molecule has 5 rings (SSSR count). The minimum atomic E-state index is -0.383. The van der Waals surface area contributed by atoms with Crippen LogP contribution < -0.4 is 15.0 Å². The molecule has 0 fully saturated rings. The second kappa shape index (κ2) is 8.52. The minimum Gasteiger partial charge on any atom is -0.497 e. The van der Waals surface area contributed by atoms with E-state index in [4.69, 9.17) is 4.74 Å². The molecule has 0 spiro atoms. The van der Waals surface area contributed by atoms with Gasteiger partial charge in [0.1, 0.15) is 11.4 Å². The number of imide groups is 1. The van der Waals surface area contributed by atoms with Crippen LogP contribution in [0.25, 0.3) is 16.3 Å². The Hall–Kier alpha value is -4.38. The maximum Gasteiger partial charge on any atom is 0.282 e. The first-order valence-electron chi connectivity index (χ1n) is 11.1. The van der Waals surface area contributed by atoms with Crippen molar-refractivity contribution in [3.05, 3.63) is 107 Å². The van der Waals surface area contributed by atoms with Crippen molar-refractivity contribution in [3.8, 4) is 5.75 Å². The van der Waals surface area contributed by atoms with Crippen LogP contribution in [0.1, 0.15) is 16.7 Å². The summed E-state index contributed by atoms with van der Waals surface area (Å²) in [6.45, 7) is 4.00. The van der Waals surface area contributed by atoms with Crippen molar-refractivity contribution in [1.82, 2.24) is 0 Å². The lowest BCUT2D eigenvalue weighted by Gasteiger charge is -2.18. The Morgan fingerprint density at radius 3 is 2.15 bits per heavy atom. The first kappa shape index (κ1) is 21.5. The topological polar surface area (TPSA) is 58.6 Å². The van der Waals surface area contributed by atoms with E-state index in [1.54, 1.807) is 31.4 Å². The third-order valence-corrected chi connectivity index (χ3v) is 5.96. The van der Waals surface area contributed by atoms with Crippen LogP contribution in [-0.4, -0.2) is 18.9 Å². The number of anilines is 2. The molecule has 1 aliphatic heterocycles. The molecule has 1 N–H and O–H groups in total. The van der Waals surface area contributed by atoms with Gasteiger partial charge in [0, 0.05) is 11.1 Å². The maximum absolute atomic E-state index is 13.8. The van der Waals surface area contributed by atoms with Gasteiger partial charge in [-0.25, -0.2) is 4.90 Å². The van der Waals surface area contributed by atoms with Gasteiger partial charge in [-0.2, -0.15) is 0 Å². The SMILES string of the molecule is COc1ccc(C2=C(Nc3cc(C)cc(C)c3)C(=O)N(c3cccc4ccccc34)C2=O)cc1. The summed E-state index contributed by atoms with van der Waals surface area (Å²) in [4.78, 5) is 28.9. The van der Waals surface area contributed by atoms with Gasteiger partial charge in [-0.05, 0) is 66.3 Å². The van der Waals surface area contributed by atoms with Crippen LogP contribution in [0.4, 0.5) is 11.4 Å². The molecule has 4 aromatic rings. The second-order valence-electron chi connectivity index (χ2n) is 8.42. The normalized spacial score (nSPS) is 13.7. The summed E-state index contributed by atoms with van der Waals surface area (Å²) in [6, 6.07) is 26.5. The molecule has 1 heterocycles. The van der Waals surface area contributed by atoms with Crippen molar-refractivity contribution in [3.63, 3.8) is 0 Å². The fourth-order valence-electron chi connectivity index (χ4n) is 4.48. The molecular formula is C29H24N2O3. The smallest absolute Gasteiger partial charge is 0.282 e. The van der Waals surface area contributed by atoms with E-state index in [1.165, 1.54) is 4.90 Å². The molecule has 0 unspecified atom stereocenters. The largest absolute Gasteiger partial charge is 0.497 e. The summed E-state index contributed by atoms with van der Waals surface area (Å²) in [5, 5.41) is 5.07. The van der Waals surface area contributed by atoms with Gasteiger partial charge in [0.25, 0.3) is 11.8 Å². The predicted octanol–water partition coefficient (Wildman–Crippen LogP) is 5.86. The zero-order chi connectivity index (χ0) is 23.8. The Morgan fingerprint density at radius 2 is 1.44 bits per heavy atom. The lowest BCUT2D eigenvalue weighted by molar-refractivity contribution is -0.120. The molecule has 0 aliphatic carbocycles. The van der Waals surface area contributed by atoms with Crippen LogP contribution in [0, 0.1) is 13.8 Å². The molecule has 1 aliphatic rings.